The van der Waals surface area contributed by atoms with Gasteiger partial charge < -0.3 is 10.4 Å². The number of carbonyl (C=O) groups excluding carboxylic acids is 1. The van der Waals surface area contributed by atoms with E-state index in [2.05, 4.69) is 14.7 Å². The van der Waals surface area contributed by atoms with E-state index < -0.39 is 27.4 Å². The summed E-state index contributed by atoms with van der Waals surface area (Å²) >= 11 is 0.928. The third kappa shape index (κ3) is 5.59. The zero-order valence-electron chi connectivity index (χ0n) is 17.3. The van der Waals surface area contributed by atoms with Crippen molar-refractivity contribution in [2.24, 2.45) is 9.50 Å². The SMILES string of the molecule is CC(C)c1cc(F)cc(C(C)C)c1NC(=O)N=[S@](N)(=O)c1ncc(C(C)(C)O)s1. The number of nitrogens with zero attached hydrogens (tertiary/aromatic N) is 2. The average molecular weight is 443 g/mol. The molecule has 2 amide bonds. The molecule has 0 unspecified atom stereocenters. The zero-order valence-corrected chi connectivity index (χ0v) is 18.9. The lowest BCUT2D eigenvalue weighted by atomic mass is 9.92. The number of carbonyl (C=O) groups is 1. The number of aliphatic hydroxyl groups is 1. The van der Waals surface area contributed by atoms with E-state index in [0.717, 1.165) is 11.3 Å². The lowest BCUT2D eigenvalue weighted by molar-refractivity contribution is 0.0823. The van der Waals surface area contributed by atoms with E-state index in [1.807, 2.05) is 27.7 Å². The van der Waals surface area contributed by atoms with E-state index in [9.17, 15) is 18.5 Å². The minimum atomic E-state index is -3.61. The summed E-state index contributed by atoms with van der Waals surface area (Å²) in [6.07, 6.45) is 1.35. The van der Waals surface area contributed by atoms with Crippen LogP contribution in [0.15, 0.2) is 27.0 Å². The summed E-state index contributed by atoms with van der Waals surface area (Å²) in [5.41, 5.74) is 0.482. The van der Waals surface area contributed by atoms with Crippen LogP contribution >= 0.6 is 11.3 Å². The molecule has 7 nitrogen and oxygen atoms in total. The third-order valence-electron chi connectivity index (χ3n) is 4.20. The molecule has 0 fully saturated rings. The third-order valence-corrected chi connectivity index (χ3v) is 7.31. The predicted molar refractivity (Wildman–Crippen MR) is 114 cm³/mol. The summed E-state index contributed by atoms with van der Waals surface area (Å²) in [6.45, 7) is 10.6. The van der Waals surface area contributed by atoms with Crippen molar-refractivity contribution in [3.63, 3.8) is 0 Å². The van der Waals surface area contributed by atoms with Crippen LogP contribution in [-0.2, 0) is 15.5 Å². The number of anilines is 1. The van der Waals surface area contributed by atoms with Crippen LogP contribution < -0.4 is 10.5 Å². The largest absolute Gasteiger partial charge is 0.385 e. The van der Waals surface area contributed by atoms with Gasteiger partial charge in [-0.15, -0.1) is 15.7 Å². The van der Waals surface area contributed by atoms with Gasteiger partial charge in [-0.1, -0.05) is 27.7 Å². The number of hydrogen-bond donors (Lipinski definition) is 3. The monoisotopic (exact) mass is 442 g/mol. The molecule has 2 rings (SSSR count). The average Bonchev–Trinajstić information content (AvgIpc) is 3.06. The number of urea groups is 1. The molecule has 2 aromatic rings. The lowest BCUT2D eigenvalue weighted by Gasteiger charge is -2.19. The van der Waals surface area contributed by atoms with Crippen LogP contribution in [0.5, 0.6) is 0 Å². The Hall–Kier alpha value is -1.88. The molecule has 160 valence electrons. The second-order valence-corrected chi connectivity index (χ2v) is 10.9. The summed E-state index contributed by atoms with van der Waals surface area (Å²) in [5.74, 6) is -0.514. The van der Waals surface area contributed by atoms with Gasteiger partial charge in [0, 0.05) is 11.9 Å². The molecular formula is C19H27FN4O3S2. The Morgan fingerprint density at radius 2 is 1.79 bits per heavy atom. The maximum atomic E-state index is 14.0. The van der Waals surface area contributed by atoms with Gasteiger partial charge in [0.05, 0.1) is 10.5 Å². The van der Waals surface area contributed by atoms with Gasteiger partial charge in [-0.2, -0.15) is 0 Å². The predicted octanol–water partition coefficient (Wildman–Crippen LogP) is 4.69. The summed E-state index contributed by atoms with van der Waals surface area (Å²) in [7, 11) is -3.61. The van der Waals surface area contributed by atoms with Gasteiger partial charge in [0.15, 0.2) is 9.92 Å². The molecule has 29 heavy (non-hydrogen) atoms. The number of rotatable bonds is 5. The Balaban J connectivity index is 2.44. The molecule has 10 heteroatoms. The van der Waals surface area contributed by atoms with E-state index in [1.165, 1.54) is 18.3 Å². The highest BCUT2D eigenvalue weighted by atomic mass is 32.2. The smallest absolute Gasteiger partial charge is 0.354 e. The first kappa shape index (κ1) is 23.4. The van der Waals surface area contributed by atoms with Crippen molar-refractivity contribution in [2.45, 2.75) is 63.3 Å². The number of thiazole rings is 1. The maximum absolute atomic E-state index is 14.0. The first-order valence-corrected chi connectivity index (χ1v) is 11.5. The summed E-state index contributed by atoms with van der Waals surface area (Å²) in [6, 6.07) is 1.82. The number of amides is 2. The van der Waals surface area contributed by atoms with E-state index in [0.29, 0.717) is 21.7 Å². The molecule has 1 heterocycles. The molecule has 0 bridgehead atoms. The van der Waals surface area contributed by atoms with Gasteiger partial charge in [0.2, 0.25) is 4.34 Å². The maximum Gasteiger partial charge on any atom is 0.354 e. The Morgan fingerprint density at radius 1 is 1.28 bits per heavy atom. The molecular weight excluding hydrogens is 415 g/mol. The summed E-state index contributed by atoms with van der Waals surface area (Å²) in [5, 5.41) is 18.4. The van der Waals surface area contributed by atoms with E-state index in [4.69, 9.17) is 5.14 Å². The highest BCUT2D eigenvalue weighted by Gasteiger charge is 2.24. The van der Waals surface area contributed by atoms with Crippen LogP contribution in [0.2, 0.25) is 0 Å². The highest BCUT2D eigenvalue weighted by Crippen LogP contribution is 2.34. The van der Waals surface area contributed by atoms with Gasteiger partial charge >= 0.3 is 6.03 Å². The number of nitrogens with two attached hydrogens (primary N) is 1. The van der Waals surface area contributed by atoms with E-state index in [-0.39, 0.29) is 16.2 Å². The fourth-order valence-corrected chi connectivity index (χ4v) is 4.75. The second-order valence-electron chi connectivity index (χ2n) is 7.91. The van der Waals surface area contributed by atoms with Crippen molar-refractivity contribution in [1.82, 2.24) is 4.98 Å². The second kappa shape index (κ2) is 8.47. The van der Waals surface area contributed by atoms with Crippen LogP contribution in [0.3, 0.4) is 0 Å². The lowest BCUT2D eigenvalue weighted by Crippen LogP contribution is -2.19. The van der Waals surface area contributed by atoms with Crippen molar-refractivity contribution in [3.8, 4) is 0 Å². The Morgan fingerprint density at radius 3 is 2.21 bits per heavy atom. The molecule has 0 aliphatic heterocycles. The molecule has 0 aliphatic rings. The minimum Gasteiger partial charge on any atom is -0.385 e. The highest BCUT2D eigenvalue weighted by molar-refractivity contribution is 7.93. The fourth-order valence-electron chi connectivity index (χ4n) is 2.67. The molecule has 0 spiro atoms. The Kier molecular flexibility index (Phi) is 6.83. The molecule has 0 aliphatic carbocycles. The van der Waals surface area contributed by atoms with Gasteiger partial charge in [0.1, 0.15) is 5.82 Å². The number of halogens is 1. The molecule has 1 atom stereocenters. The number of nitrogens with one attached hydrogen (secondary N) is 1. The number of benzene rings is 1. The minimum absolute atomic E-state index is 0.0583. The molecule has 1 aromatic carbocycles. The van der Waals surface area contributed by atoms with E-state index >= 15 is 0 Å². The van der Waals surface area contributed by atoms with Crippen molar-refractivity contribution in [1.29, 1.82) is 0 Å². The Labute approximate surface area is 174 Å². The molecule has 0 radical (unpaired) electrons. The normalized spacial score (nSPS) is 14.2. The first-order valence-electron chi connectivity index (χ1n) is 9.10. The topological polar surface area (TPSA) is 118 Å². The summed E-state index contributed by atoms with van der Waals surface area (Å²) in [4.78, 5) is 16.9. The van der Waals surface area contributed by atoms with Crippen molar-refractivity contribution < 1.29 is 18.5 Å². The summed E-state index contributed by atoms with van der Waals surface area (Å²) < 4.78 is 30.4. The molecule has 0 saturated carbocycles. The number of aromatic nitrogens is 1. The van der Waals surface area contributed by atoms with Crippen LogP contribution in [-0.4, -0.2) is 20.3 Å². The Bertz CT molecular complexity index is 1000. The fraction of sp³-hybridized carbons (Fsp3) is 0.474. The molecule has 1 aromatic heterocycles. The van der Waals surface area contributed by atoms with Crippen molar-refractivity contribution >= 4 is 33.0 Å². The molecule has 0 saturated heterocycles. The van der Waals surface area contributed by atoms with Crippen LogP contribution in [0.25, 0.3) is 0 Å². The zero-order chi connectivity index (χ0) is 22.1. The standard InChI is InChI=1S/C19H27FN4O3S2/c1-10(2)13-7-12(20)8-14(11(3)4)16(13)23-17(25)24-29(21,27)18-22-9-15(28-18)19(5,6)26/h7-11,26H,1-6H3,(H3,21,23,24,25,27)/t29-/m0/s1. The first-order chi connectivity index (χ1) is 13.2. The van der Waals surface area contributed by atoms with Crippen molar-refractivity contribution in [2.75, 3.05) is 5.32 Å². The van der Waals surface area contributed by atoms with Gasteiger partial charge in [-0.25, -0.2) is 23.5 Å². The van der Waals surface area contributed by atoms with Gasteiger partial charge in [0.25, 0.3) is 0 Å². The van der Waals surface area contributed by atoms with Crippen LogP contribution in [0.1, 0.15) is 69.4 Å². The van der Waals surface area contributed by atoms with Gasteiger partial charge in [-0.3, -0.25) is 0 Å². The quantitative estimate of drug-likeness (QED) is 0.622. The van der Waals surface area contributed by atoms with Crippen molar-refractivity contribution in [3.05, 3.63) is 40.2 Å². The van der Waals surface area contributed by atoms with Crippen LogP contribution in [0, 0.1) is 5.82 Å². The number of hydrogen-bond acceptors (Lipinski definition) is 5. The molecule has 4 N–H and O–H groups in total. The van der Waals surface area contributed by atoms with Crippen LogP contribution in [0.4, 0.5) is 14.9 Å². The van der Waals surface area contributed by atoms with Gasteiger partial charge in [-0.05, 0) is 48.9 Å². The van der Waals surface area contributed by atoms with E-state index in [1.54, 1.807) is 13.8 Å².